The molecular formula is C26H26ClF3N4O7. The average Bonchev–Trinajstić information content (AvgIpc) is 3.41. The number of carbonyl (C=O) groups excluding carboxylic acids is 1. The molecule has 0 amide bonds. The van der Waals surface area contributed by atoms with E-state index in [2.05, 4.69) is 15.1 Å². The van der Waals surface area contributed by atoms with E-state index in [0.29, 0.717) is 0 Å². The smallest absolute Gasteiger partial charge is 0.435 e. The van der Waals surface area contributed by atoms with Crippen molar-refractivity contribution < 1.29 is 46.4 Å². The van der Waals surface area contributed by atoms with E-state index in [4.69, 9.17) is 40.0 Å². The quantitative estimate of drug-likeness (QED) is 0.288. The summed E-state index contributed by atoms with van der Waals surface area (Å²) in [5.74, 6) is -2.05. The molecular weight excluding hydrogens is 573 g/mol. The summed E-state index contributed by atoms with van der Waals surface area (Å²) >= 11 is 6.04. The molecule has 0 spiro atoms. The van der Waals surface area contributed by atoms with E-state index in [0.717, 1.165) is 29.6 Å². The maximum atomic E-state index is 14.0. The molecule has 41 heavy (non-hydrogen) atoms. The Morgan fingerprint density at radius 3 is 2.63 bits per heavy atom. The summed E-state index contributed by atoms with van der Waals surface area (Å²) < 4.78 is 77.2. The van der Waals surface area contributed by atoms with Crippen molar-refractivity contribution >= 4 is 17.6 Å². The second kappa shape index (κ2) is 12.0. The highest BCUT2D eigenvalue weighted by molar-refractivity contribution is 6.30. The lowest BCUT2D eigenvalue weighted by atomic mass is 9.86. The number of rotatable bonds is 7. The van der Waals surface area contributed by atoms with Gasteiger partial charge in [-0.1, -0.05) is 48.9 Å². The van der Waals surface area contributed by atoms with E-state index in [1.807, 2.05) is 37.3 Å². The molecule has 11 nitrogen and oxygen atoms in total. The summed E-state index contributed by atoms with van der Waals surface area (Å²) in [6.45, 7) is 1.78. The molecule has 0 aliphatic carbocycles. The van der Waals surface area contributed by atoms with Gasteiger partial charge in [-0.15, -0.1) is 5.10 Å². The van der Waals surface area contributed by atoms with Crippen LogP contribution in [0.5, 0.6) is 0 Å². The van der Waals surface area contributed by atoms with E-state index in [-0.39, 0.29) is 24.2 Å². The Bertz CT molecular complexity index is 1380. The molecule has 5 rings (SSSR count). The predicted octanol–water partition coefficient (Wildman–Crippen LogP) is 4.30. The molecule has 4 unspecified atom stereocenters. The van der Waals surface area contributed by atoms with Crippen LogP contribution in [-0.2, 0) is 34.6 Å². The number of alkyl halides is 3. The lowest BCUT2D eigenvalue weighted by Gasteiger charge is -2.48. The molecule has 220 valence electrons. The molecule has 2 aromatic heterocycles. The Morgan fingerprint density at radius 1 is 1.20 bits per heavy atom. The standard InChI is InChI=1S/C26H26ClF3N4O7/c1-13-18-17(11-38-25(41-18)14-7-5-4-6-8-14)40-20(19(13)39-12-36-2)23-32-22(24(35)37-3)33-34(23)16-9-15(27)10-31-21(16)26(28,29)30/h4-10,13,17-20,25H,11-12H2,1-3H3/t13?,17?,18-,19?,20-,25?/m1/s1. The normalized spacial score (nSPS) is 26.4. The molecule has 2 fully saturated rings. The molecule has 2 aliphatic rings. The highest BCUT2D eigenvalue weighted by atomic mass is 35.5. The Hall–Kier alpha value is -3.14. The van der Waals surface area contributed by atoms with Crippen LogP contribution < -0.4 is 0 Å². The molecule has 0 bridgehead atoms. The van der Waals surface area contributed by atoms with Gasteiger partial charge in [-0.3, -0.25) is 0 Å². The minimum Gasteiger partial charge on any atom is -0.463 e. The topological polar surface area (TPSA) is 116 Å². The number of hydrogen-bond donors (Lipinski definition) is 0. The van der Waals surface area contributed by atoms with E-state index < -0.39 is 66.0 Å². The van der Waals surface area contributed by atoms with Crippen LogP contribution in [0.3, 0.4) is 0 Å². The maximum Gasteiger partial charge on any atom is 0.435 e. The van der Waals surface area contributed by atoms with Crippen molar-refractivity contribution in [2.24, 2.45) is 5.92 Å². The summed E-state index contributed by atoms with van der Waals surface area (Å²) in [5.41, 5.74) is -1.05. The van der Waals surface area contributed by atoms with Gasteiger partial charge in [-0.2, -0.15) is 13.2 Å². The largest absolute Gasteiger partial charge is 0.463 e. The van der Waals surface area contributed by atoms with Crippen LogP contribution in [0.1, 0.15) is 47.0 Å². The van der Waals surface area contributed by atoms with Gasteiger partial charge in [-0.05, 0) is 6.07 Å². The van der Waals surface area contributed by atoms with Gasteiger partial charge in [0.15, 0.2) is 17.8 Å². The number of hydrogen-bond acceptors (Lipinski definition) is 10. The van der Waals surface area contributed by atoms with Crippen LogP contribution in [0.4, 0.5) is 13.2 Å². The molecule has 2 aliphatic heterocycles. The third-order valence-corrected chi connectivity index (χ3v) is 6.96. The van der Waals surface area contributed by atoms with E-state index in [1.54, 1.807) is 0 Å². The zero-order valence-electron chi connectivity index (χ0n) is 22.1. The number of benzene rings is 1. The van der Waals surface area contributed by atoms with Crippen molar-refractivity contribution in [3.8, 4) is 5.69 Å². The van der Waals surface area contributed by atoms with E-state index in [1.165, 1.54) is 7.11 Å². The second-order valence-corrected chi connectivity index (χ2v) is 9.82. The molecule has 2 saturated heterocycles. The van der Waals surface area contributed by atoms with Gasteiger partial charge in [0.25, 0.3) is 5.82 Å². The van der Waals surface area contributed by atoms with Crippen LogP contribution >= 0.6 is 11.6 Å². The van der Waals surface area contributed by atoms with E-state index in [9.17, 15) is 18.0 Å². The second-order valence-electron chi connectivity index (χ2n) is 9.38. The molecule has 0 N–H and O–H groups in total. The molecule has 6 atom stereocenters. The number of ether oxygens (including phenoxy) is 6. The summed E-state index contributed by atoms with van der Waals surface area (Å²) in [7, 11) is 2.52. The SMILES string of the molecule is COCOC1C(C)[C@H]2OC(c3ccccc3)OCC2O[C@H]1c1nc(C(=O)OC)nn1-c1cc(Cl)cnc1C(F)(F)F. The van der Waals surface area contributed by atoms with Crippen LogP contribution in [0, 0.1) is 5.92 Å². The summed E-state index contributed by atoms with van der Waals surface area (Å²) in [4.78, 5) is 20.1. The van der Waals surface area contributed by atoms with Crippen LogP contribution in [-0.4, -0.2) is 71.6 Å². The molecule has 0 radical (unpaired) electrons. The van der Waals surface area contributed by atoms with Gasteiger partial charge >= 0.3 is 12.1 Å². The molecule has 4 heterocycles. The number of pyridine rings is 1. The molecule has 15 heteroatoms. The highest BCUT2D eigenvalue weighted by Gasteiger charge is 2.51. The number of aromatic nitrogens is 4. The first-order valence-electron chi connectivity index (χ1n) is 12.5. The Kier molecular flexibility index (Phi) is 8.59. The number of carbonyl (C=O) groups is 1. The van der Waals surface area contributed by atoms with Gasteiger partial charge in [0.1, 0.15) is 19.0 Å². The van der Waals surface area contributed by atoms with Crippen molar-refractivity contribution in [3.05, 3.63) is 70.5 Å². The van der Waals surface area contributed by atoms with Crippen molar-refractivity contribution in [3.63, 3.8) is 0 Å². The summed E-state index contributed by atoms with van der Waals surface area (Å²) in [6, 6.07) is 10.4. The first-order chi connectivity index (χ1) is 19.6. The number of nitrogens with zero attached hydrogens (tertiary/aromatic N) is 4. The van der Waals surface area contributed by atoms with Crippen molar-refractivity contribution in [1.29, 1.82) is 0 Å². The van der Waals surface area contributed by atoms with Gasteiger partial charge in [-0.25, -0.2) is 19.4 Å². The minimum atomic E-state index is -4.89. The number of halogens is 4. The van der Waals surface area contributed by atoms with Crippen LogP contribution in [0.25, 0.3) is 5.69 Å². The fraction of sp³-hybridized carbons (Fsp3) is 0.462. The first-order valence-corrected chi connectivity index (χ1v) is 12.9. The van der Waals surface area contributed by atoms with Crippen molar-refractivity contribution in [2.45, 2.75) is 43.8 Å². The zero-order chi connectivity index (χ0) is 29.3. The lowest BCUT2D eigenvalue weighted by molar-refractivity contribution is -0.327. The molecule has 1 aromatic carbocycles. The summed E-state index contributed by atoms with van der Waals surface area (Å²) in [6.07, 6.45) is -7.88. The van der Waals surface area contributed by atoms with Gasteiger partial charge in [0.05, 0.1) is 36.6 Å². The highest BCUT2D eigenvalue weighted by Crippen LogP contribution is 2.44. The monoisotopic (exact) mass is 598 g/mol. The average molecular weight is 599 g/mol. The van der Waals surface area contributed by atoms with Crippen molar-refractivity contribution in [1.82, 2.24) is 19.7 Å². The predicted molar refractivity (Wildman–Crippen MR) is 134 cm³/mol. The molecule has 0 saturated carbocycles. The number of fused-ring (bicyclic) bond motifs is 1. The van der Waals surface area contributed by atoms with Gasteiger partial charge in [0, 0.05) is 24.8 Å². The van der Waals surface area contributed by atoms with Gasteiger partial charge < -0.3 is 28.4 Å². The minimum absolute atomic E-state index is 0.0970. The number of esters is 1. The fourth-order valence-corrected chi connectivity index (χ4v) is 5.06. The van der Waals surface area contributed by atoms with Crippen molar-refractivity contribution in [2.75, 3.05) is 27.6 Å². The van der Waals surface area contributed by atoms with E-state index >= 15 is 0 Å². The Labute approximate surface area is 237 Å². The third kappa shape index (κ3) is 5.94. The lowest BCUT2D eigenvalue weighted by Crippen LogP contribution is -2.56. The van der Waals surface area contributed by atoms with Gasteiger partial charge in [0.2, 0.25) is 0 Å². The fourth-order valence-electron chi connectivity index (χ4n) is 4.90. The maximum absolute atomic E-state index is 14.0. The Morgan fingerprint density at radius 2 is 1.95 bits per heavy atom. The first kappa shape index (κ1) is 29.4. The zero-order valence-corrected chi connectivity index (χ0v) is 22.8. The Balaban J connectivity index is 1.58. The number of methoxy groups -OCH3 is 2. The third-order valence-electron chi connectivity index (χ3n) is 6.75. The van der Waals surface area contributed by atoms with Crippen LogP contribution in [0.15, 0.2) is 42.6 Å². The van der Waals surface area contributed by atoms with Crippen LogP contribution in [0.2, 0.25) is 5.02 Å². The summed E-state index contributed by atoms with van der Waals surface area (Å²) in [5, 5.41) is 3.94. The molecule has 3 aromatic rings.